The second-order valence-corrected chi connectivity index (χ2v) is 7.89. The van der Waals surface area contributed by atoms with Gasteiger partial charge < -0.3 is 25.0 Å². The number of ether oxygens (including phenoxy) is 1. The van der Waals surface area contributed by atoms with Gasteiger partial charge >= 0.3 is 12.0 Å². The van der Waals surface area contributed by atoms with Crippen molar-refractivity contribution in [1.29, 1.82) is 0 Å². The van der Waals surface area contributed by atoms with Gasteiger partial charge in [-0.3, -0.25) is 4.79 Å². The molecule has 162 valence electrons. The number of piperidine rings is 1. The van der Waals surface area contributed by atoms with E-state index < -0.39 is 5.97 Å². The third-order valence-electron chi connectivity index (χ3n) is 5.84. The summed E-state index contributed by atoms with van der Waals surface area (Å²) in [6, 6.07) is 14.8. The highest BCUT2D eigenvalue weighted by atomic mass is 16.5. The summed E-state index contributed by atoms with van der Waals surface area (Å²) in [5.74, 6) is 0.606. The number of methoxy groups -OCH3 is 1. The molecule has 8 nitrogen and oxygen atoms in total. The van der Waals surface area contributed by atoms with Crippen molar-refractivity contribution in [2.24, 2.45) is 11.8 Å². The van der Waals surface area contributed by atoms with E-state index in [1.54, 1.807) is 12.0 Å². The molecule has 0 aliphatic carbocycles. The first-order valence-electron chi connectivity index (χ1n) is 10.4. The highest BCUT2D eigenvalue weighted by Crippen LogP contribution is 2.31. The Morgan fingerprint density at radius 1 is 1.19 bits per heavy atom. The van der Waals surface area contributed by atoms with Gasteiger partial charge in [0.25, 0.3) is 0 Å². The number of benzene rings is 2. The Kier molecular flexibility index (Phi) is 6.06. The molecule has 31 heavy (non-hydrogen) atoms. The van der Waals surface area contributed by atoms with Crippen LogP contribution in [0.15, 0.2) is 48.5 Å². The van der Waals surface area contributed by atoms with Crippen LogP contribution in [-0.2, 0) is 11.2 Å². The molecule has 0 spiro atoms. The summed E-state index contributed by atoms with van der Waals surface area (Å²) in [4.78, 5) is 34.0. The summed E-state index contributed by atoms with van der Waals surface area (Å²) in [5.41, 5.74) is 2.36. The maximum absolute atomic E-state index is 12.8. The Bertz CT molecular complexity index is 1070. The monoisotopic (exact) mass is 422 g/mol. The lowest BCUT2D eigenvalue weighted by Gasteiger charge is -2.37. The first-order chi connectivity index (χ1) is 15.0. The number of urea groups is 1. The number of hydrogen-bond acceptors (Lipinski definition) is 4. The van der Waals surface area contributed by atoms with Crippen molar-refractivity contribution >= 4 is 28.7 Å². The number of anilines is 1. The molecular formula is C23H26N4O4. The molecule has 1 fully saturated rings. The fraction of sp³-hybridized carbons (Fsp3) is 0.348. The van der Waals surface area contributed by atoms with Gasteiger partial charge in [0.1, 0.15) is 17.1 Å². The third-order valence-corrected chi connectivity index (χ3v) is 5.84. The van der Waals surface area contributed by atoms with Crippen LogP contribution in [0.25, 0.3) is 11.0 Å². The Balaban J connectivity index is 1.51. The van der Waals surface area contributed by atoms with Gasteiger partial charge in [0.05, 0.1) is 12.6 Å². The number of aromatic amines is 1. The van der Waals surface area contributed by atoms with Crippen LogP contribution in [0.3, 0.4) is 0 Å². The average molecular weight is 422 g/mol. The lowest BCUT2D eigenvalue weighted by Crippen LogP contribution is -2.46. The molecule has 1 aliphatic heterocycles. The highest BCUT2D eigenvalue weighted by molar-refractivity contribution is 5.89. The molecule has 3 N–H and O–H groups in total. The Morgan fingerprint density at radius 2 is 2.00 bits per heavy atom. The van der Waals surface area contributed by atoms with E-state index in [0.29, 0.717) is 31.7 Å². The number of carboxylic acids is 1. The van der Waals surface area contributed by atoms with Crippen molar-refractivity contribution in [3.05, 3.63) is 54.4 Å². The Labute approximate surface area is 180 Å². The highest BCUT2D eigenvalue weighted by Gasteiger charge is 2.33. The summed E-state index contributed by atoms with van der Waals surface area (Å²) in [6.45, 7) is 1.01. The topological polar surface area (TPSA) is 108 Å². The summed E-state index contributed by atoms with van der Waals surface area (Å²) in [6.07, 6.45) is 1.29. The van der Waals surface area contributed by atoms with Crippen molar-refractivity contribution < 1.29 is 19.4 Å². The molecule has 2 heterocycles. The first-order valence-corrected chi connectivity index (χ1v) is 10.4. The molecule has 4 rings (SSSR count). The SMILES string of the molecule is COc1cccc2[nH]c(C[C@H]3CN(C(=O)Nc4ccccc4)CC[C@H]3CC(=O)O)nc12. The summed E-state index contributed by atoms with van der Waals surface area (Å²) in [5, 5.41) is 12.3. The predicted molar refractivity (Wildman–Crippen MR) is 117 cm³/mol. The van der Waals surface area contributed by atoms with Crippen LogP contribution >= 0.6 is 0 Å². The number of para-hydroxylation sites is 2. The molecule has 1 aliphatic rings. The van der Waals surface area contributed by atoms with E-state index in [0.717, 1.165) is 22.5 Å². The minimum atomic E-state index is -0.816. The standard InChI is InChI=1S/C23H26N4O4/c1-31-19-9-5-8-18-22(19)26-20(25-18)12-16-14-27(11-10-15(16)13-21(28)29)23(30)24-17-6-3-2-4-7-17/h2-9,15-16H,10-14H2,1H3,(H,24,30)(H,25,26)(H,28,29)/t15-,16-/m0/s1. The van der Waals surface area contributed by atoms with Crippen LogP contribution in [-0.4, -0.2) is 52.2 Å². The largest absolute Gasteiger partial charge is 0.494 e. The van der Waals surface area contributed by atoms with E-state index in [4.69, 9.17) is 4.74 Å². The van der Waals surface area contributed by atoms with Gasteiger partial charge in [0.15, 0.2) is 0 Å². The second-order valence-electron chi connectivity index (χ2n) is 7.89. The van der Waals surface area contributed by atoms with Gasteiger partial charge in [-0.1, -0.05) is 24.3 Å². The van der Waals surface area contributed by atoms with Crippen LogP contribution in [0, 0.1) is 11.8 Å². The molecule has 1 aromatic heterocycles. The van der Waals surface area contributed by atoms with Gasteiger partial charge in [-0.25, -0.2) is 9.78 Å². The minimum absolute atomic E-state index is 0.0158. The number of carbonyl (C=O) groups is 2. The number of H-pyrrole nitrogens is 1. The normalized spacial score (nSPS) is 18.7. The van der Waals surface area contributed by atoms with Gasteiger partial charge in [0, 0.05) is 31.6 Å². The van der Waals surface area contributed by atoms with Crippen LogP contribution < -0.4 is 10.1 Å². The molecule has 2 aromatic carbocycles. The number of rotatable bonds is 6. The lowest BCUT2D eigenvalue weighted by molar-refractivity contribution is -0.139. The minimum Gasteiger partial charge on any atom is -0.494 e. The molecule has 0 bridgehead atoms. The number of fused-ring (bicyclic) bond motifs is 1. The quantitative estimate of drug-likeness (QED) is 0.561. The van der Waals surface area contributed by atoms with Crippen molar-refractivity contribution in [2.75, 3.05) is 25.5 Å². The molecule has 3 aromatic rings. The predicted octanol–water partition coefficient (Wildman–Crippen LogP) is 3.76. The second kappa shape index (κ2) is 9.07. The molecule has 8 heteroatoms. The van der Waals surface area contributed by atoms with E-state index in [1.165, 1.54) is 0 Å². The Hall–Kier alpha value is -3.55. The number of likely N-dealkylation sites (tertiary alicyclic amines) is 1. The van der Waals surface area contributed by atoms with Gasteiger partial charge in [0.2, 0.25) is 0 Å². The number of imidazole rings is 1. The summed E-state index contributed by atoms with van der Waals surface area (Å²) >= 11 is 0. The van der Waals surface area contributed by atoms with Crippen molar-refractivity contribution in [3.8, 4) is 5.75 Å². The maximum Gasteiger partial charge on any atom is 0.321 e. The van der Waals surface area contributed by atoms with Gasteiger partial charge in [-0.05, 0) is 42.5 Å². The Morgan fingerprint density at radius 3 is 2.74 bits per heavy atom. The van der Waals surface area contributed by atoms with Crippen molar-refractivity contribution in [2.45, 2.75) is 19.3 Å². The number of carbonyl (C=O) groups excluding carboxylic acids is 1. The number of aromatic nitrogens is 2. The lowest BCUT2D eigenvalue weighted by atomic mass is 9.81. The van der Waals surface area contributed by atoms with E-state index >= 15 is 0 Å². The summed E-state index contributed by atoms with van der Waals surface area (Å²) in [7, 11) is 1.61. The fourth-order valence-corrected chi connectivity index (χ4v) is 4.28. The smallest absolute Gasteiger partial charge is 0.321 e. The zero-order valence-electron chi connectivity index (χ0n) is 17.4. The maximum atomic E-state index is 12.8. The number of carboxylic acid groups (broad SMARTS) is 1. The van der Waals surface area contributed by atoms with Crippen molar-refractivity contribution in [1.82, 2.24) is 14.9 Å². The van der Waals surface area contributed by atoms with E-state index in [9.17, 15) is 14.7 Å². The molecular weight excluding hydrogens is 396 g/mol. The number of amides is 2. The number of hydrogen-bond donors (Lipinski definition) is 3. The zero-order chi connectivity index (χ0) is 21.8. The van der Waals surface area contributed by atoms with Crippen LogP contribution in [0.2, 0.25) is 0 Å². The molecule has 2 atom stereocenters. The van der Waals surface area contributed by atoms with Crippen LogP contribution in [0.4, 0.5) is 10.5 Å². The zero-order valence-corrected chi connectivity index (χ0v) is 17.4. The number of aliphatic carboxylic acids is 1. The molecule has 0 saturated carbocycles. The average Bonchev–Trinajstić information content (AvgIpc) is 3.18. The van der Waals surface area contributed by atoms with Gasteiger partial charge in [-0.2, -0.15) is 0 Å². The van der Waals surface area contributed by atoms with E-state index in [-0.39, 0.29) is 24.3 Å². The third kappa shape index (κ3) is 4.79. The molecule has 2 amide bonds. The number of nitrogens with zero attached hydrogens (tertiary/aromatic N) is 2. The van der Waals surface area contributed by atoms with E-state index in [1.807, 2.05) is 48.5 Å². The molecule has 0 unspecified atom stereocenters. The fourth-order valence-electron chi connectivity index (χ4n) is 4.28. The first kappa shape index (κ1) is 20.7. The molecule has 0 radical (unpaired) electrons. The van der Waals surface area contributed by atoms with Crippen molar-refractivity contribution in [3.63, 3.8) is 0 Å². The molecule has 1 saturated heterocycles. The van der Waals surface area contributed by atoms with Crippen LogP contribution in [0.5, 0.6) is 5.75 Å². The van der Waals surface area contributed by atoms with Gasteiger partial charge in [-0.15, -0.1) is 0 Å². The number of nitrogens with one attached hydrogen (secondary N) is 2. The summed E-state index contributed by atoms with van der Waals surface area (Å²) < 4.78 is 5.39. The van der Waals surface area contributed by atoms with Crippen LogP contribution in [0.1, 0.15) is 18.7 Å². The van der Waals surface area contributed by atoms with E-state index in [2.05, 4.69) is 15.3 Å².